The molecule has 0 heterocycles. The van der Waals surface area contributed by atoms with Crippen LogP contribution in [0.4, 0.5) is 0 Å². The first-order chi connectivity index (χ1) is 10.9. The summed E-state index contributed by atoms with van der Waals surface area (Å²) in [6.07, 6.45) is 0. The van der Waals surface area contributed by atoms with E-state index in [4.69, 9.17) is 10.00 Å². The topological polar surface area (TPSA) is 87.5 Å². The minimum absolute atomic E-state index is 0.00878. The Morgan fingerprint density at radius 1 is 1.13 bits per heavy atom. The Morgan fingerprint density at radius 2 is 1.83 bits per heavy atom. The highest BCUT2D eigenvalue weighted by Crippen LogP contribution is 2.20. The molecule has 2 aromatic rings. The van der Waals surface area contributed by atoms with E-state index in [-0.39, 0.29) is 21.8 Å². The fourth-order valence-corrected chi connectivity index (χ4v) is 2.75. The van der Waals surface area contributed by atoms with Crippen molar-refractivity contribution in [3.05, 3.63) is 59.7 Å². The summed E-state index contributed by atoms with van der Waals surface area (Å²) in [4.78, 5) is 12.2. The normalized spacial score (nSPS) is 11.0. The number of hydrogen-bond donors (Lipinski definition) is 0. The van der Waals surface area contributed by atoms with Gasteiger partial charge in [0, 0.05) is 14.1 Å². The SMILES string of the molecule is CN(C)S(=O)(=O)c1cccc(C(=O)Oc2ccccc2C#N)c1. The Bertz CT molecular complexity index is 883. The van der Waals surface area contributed by atoms with Crippen LogP contribution in [0.25, 0.3) is 0 Å². The van der Waals surface area contributed by atoms with E-state index in [0.29, 0.717) is 0 Å². The number of sulfonamides is 1. The Balaban J connectivity index is 2.33. The maximum absolute atomic E-state index is 12.2. The van der Waals surface area contributed by atoms with Gasteiger partial charge in [-0.2, -0.15) is 5.26 Å². The number of nitriles is 1. The predicted octanol–water partition coefficient (Wildman–Crippen LogP) is 2.03. The molecule has 7 heteroatoms. The molecule has 0 spiro atoms. The molecule has 0 saturated heterocycles. The van der Waals surface area contributed by atoms with E-state index in [1.54, 1.807) is 12.1 Å². The Morgan fingerprint density at radius 3 is 2.48 bits per heavy atom. The first-order valence-electron chi connectivity index (χ1n) is 6.60. The van der Waals surface area contributed by atoms with Crippen molar-refractivity contribution in [2.24, 2.45) is 0 Å². The van der Waals surface area contributed by atoms with Gasteiger partial charge in [0.15, 0.2) is 0 Å². The van der Waals surface area contributed by atoms with Crippen molar-refractivity contribution in [2.45, 2.75) is 4.90 Å². The minimum atomic E-state index is -3.65. The third-order valence-electron chi connectivity index (χ3n) is 3.06. The van der Waals surface area contributed by atoms with Gasteiger partial charge in [0.05, 0.1) is 16.0 Å². The molecule has 0 unspecified atom stereocenters. The second kappa shape index (κ2) is 6.60. The summed E-state index contributed by atoms with van der Waals surface area (Å²) in [7, 11) is -0.833. The number of ether oxygens (including phenoxy) is 1. The molecule has 0 aliphatic heterocycles. The number of hydrogen-bond acceptors (Lipinski definition) is 5. The van der Waals surface area contributed by atoms with E-state index < -0.39 is 16.0 Å². The molecule has 0 bridgehead atoms. The van der Waals surface area contributed by atoms with Gasteiger partial charge in [0.2, 0.25) is 10.0 Å². The monoisotopic (exact) mass is 330 g/mol. The Hall–Kier alpha value is -2.69. The molecule has 0 aliphatic rings. The van der Waals surface area contributed by atoms with Gasteiger partial charge in [-0.05, 0) is 30.3 Å². The zero-order valence-electron chi connectivity index (χ0n) is 12.6. The average molecular weight is 330 g/mol. The molecule has 0 fully saturated rings. The van der Waals surface area contributed by atoms with E-state index in [2.05, 4.69) is 0 Å². The van der Waals surface area contributed by atoms with Crippen molar-refractivity contribution in [1.82, 2.24) is 4.31 Å². The predicted molar refractivity (Wildman–Crippen MR) is 83.4 cm³/mol. The lowest BCUT2D eigenvalue weighted by atomic mass is 10.2. The summed E-state index contributed by atoms with van der Waals surface area (Å²) in [6.45, 7) is 0. The van der Waals surface area contributed by atoms with Gasteiger partial charge >= 0.3 is 5.97 Å². The van der Waals surface area contributed by atoms with Crippen molar-refractivity contribution in [1.29, 1.82) is 5.26 Å². The van der Waals surface area contributed by atoms with Crippen molar-refractivity contribution in [3.8, 4) is 11.8 Å². The number of carbonyl (C=O) groups excluding carboxylic acids is 1. The van der Waals surface area contributed by atoms with Crippen LogP contribution in [0.5, 0.6) is 5.75 Å². The van der Waals surface area contributed by atoms with Crippen LogP contribution in [-0.2, 0) is 10.0 Å². The summed E-state index contributed by atoms with van der Waals surface area (Å²) in [5, 5.41) is 8.99. The van der Waals surface area contributed by atoms with Crippen LogP contribution in [0.15, 0.2) is 53.4 Å². The average Bonchev–Trinajstić information content (AvgIpc) is 2.55. The molecule has 2 aromatic carbocycles. The zero-order valence-corrected chi connectivity index (χ0v) is 13.4. The van der Waals surface area contributed by atoms with E-state index >= 15 is 0 Å². The van der Waals surface area contributed by atoms with Crippen LogP contribution in [0.3, 0.4) is 0 Å². The van der Waals surface area contributed by atoms with Gasteiger partial charge in [-0.3, -0.25) is 0 Å². The molecular weight excluding hydrogens is 316 g/mol. The summed E-state index contributed by atoms with van der Waals surface area (Å²) >= 11 is 0. The maximum Gasteiger partial charge on any atom is 0.343 e. The zero-order chi connectivity index (χ0) is 17.0. The van der Waals surface area contributed by atoms with Crippen LogP contribution < -0.4 is 4.74 Å². The van der Waals surface area contributed by atoms with Crippen molar-refractivity contribution >= 4 is 16.0 Å². The summed E-state index contributed by atoms with van der Waals surface area (Å²) < 4.78 is 30.4. The molecule has 0 saturated carbocycles. The molecule has 0 amide bonds. The number of esters is 1. The van der Waals surface area contributed by atoms with E-state index in [1.165, 1.54) is 50.5 Å². The fraction of sp³-hybridized carbons (Fsp3) is 0.125. The number of benzene rings is 2. The maximum atomic E-state index is 12.2. The molecule has 0 aliphatic carbocycles. The highest BCUT2D eigenvalue weighted by Gasteiger charge is 2.19. The lowest BCUT2D eigenvalue weighted by molar-refractivity contribution is 0.0734. The molecule has 0 atom stereocenters. The van der Waals surface area contributed by atoms with Crippen molar-refractivity contribution in [2.75, 3.05) is 14.1 Å². The van der Waals surface area contributed by atoms with Gasteiger partial charge in [-0.25, -0.2) is 17.5 Å². The van der Waals surface area contributed by atoms with Gasteiger partial charge < -0.3 is 4.74 Å². The van der Waals surface area contributed by atoms with E-state index in [9.17, 15) is 13.2 Å². The lowest BCUT2D eigenvalue weighted by Crippen LogP contribution is -2.22. The molecule has 23 heavy (non-hydrogen) atoms. The van der Waals surface area contributed by atoms with Gasteiger partial charge in [-0.1, -0.05) is 18.2 Å². The molecule has 0 N–H and O–H groups in total. The van der Waals surface area contributed by atoms with E-state index in [0.717, 1.165) is 4.31 Å². The summed E-state index contributed by atoms with van der Waals surface area (Å²) in [5.41, 5.74) is 0.304. The number of carbonyl (C=O) groups is 1. The number of nitrogens with zero attached hydrogens (tertiary/aromatic N) is 2. The van der Waals surface area contributed by atoms with Crippen LogP contribution in [0.1, 0.15) is 15.9 Å². The molecular formula is C16H14N2O4S. The number of rotatable bonds is 4. The molecule has 6 nitrogen and oxygen atoms in total. The standard InChI is InChI=1S/C16H14N2O4S/c1-18(2)23(20,21)14-8-5-7-12(10-14)16(19)22-15-9-4-3-6-13(15)11-17/h3-10H,1-2H3. The fourth-order valence-electron chi connectivity index (χ4n) is 1.80. The molecule has 0 radical (unpaired) electrons. The second-order valence-corrected chi connectivity index (χ2v) is 6.96. The first-order valence-corrected chi connectivity index (χ1v) is 8.04. The van der Waals surface area contributed by atoms with Crippen molar-refractivity contribution < 1.29 is 17.9 Å². The van der Waals surface area contributed by atoms with Crippen LogP contribution in [0, 0.1) is 11.3 Å². The largest absolute Gasteiger partial charge is 0.422 e. The molecule has 0 aromatic heterocycles. The van der Waals surface area contributed by atoms with Crippen LogP contribution in [-0.4, -0.2) is 32.8 Å². The molecule has 118 valence electrons. The van der Waals surface area contributed by atoms with Crippen LogP contribution >= 0.6 is 0 Å². The van der Waals surface area contributed by atoms with E-state index in [1.807, 2.05) is 6.07 Å². The van der Waals surface area contributed by atoms with Crippen LogP contribution in [0.2, 0.25) is 0 Å². The minimum Gasteiger partial charge on any atom is -0.422 e. The quantitative estimate of drug-likeness (QED) is 0.632. The van der Waals surface area contributed by atoms with Crippen molar-refractivity contribution in [3.63, 3.8) is 0 Å². The second-order valence-electron chi connectivity index (χ2n) is 4.81. The summed E-state index contributed by atoms with van der Waals surface area (Å²) in [5.74, 6) is -0.607. The number of para-hydroxylation sites is 1. The Kier molecular flexibility index (Phi) is 4.79. The van der Waals surface area contributed by atoms with Gasteiger partial charge in [0.25, 0.3) is 0 Å². The Labute approximate surface area is 134 Å². The third kappa shape index (κ3) is 3.56. The first kappa shape index (κ1) is 16.7. The van der Waals surface area contributed by atoms with Gasteiger partial charge in [-0.15, -0.1) is 0 Å². The molecule has 2 rings (SSSR count). The highest BCUT2D eigenvalue weighted by atomic mass is 32.2. The highest BCUT2D eigenvalue weighted by molar-refractivity contribution is 7.89. The van der Waals surface area contributed by atoms with Gasteiger partial charge in [0.1, 0.15) is 11.8 Å². The lowest BCUT2D eigenvalue weighted by Gasteiger charge is -2.12. The smallest absolute Gasteiger partial charge is 0.343 e. The summed E-state index contributed by atoms with van der Waals surface area (Å²) in [6, 6.07) is 13.8. The third-order valence-corrected chi connectivity index (χ3v) is 4.87.